The van der Waals surface area contributed by atoms with Gasteiger partial charge in [0.2, 0.25) is 0 Å². The van der Waals surface area contributed by atoms with Crippen molar-refractivity contribution in [3.8, 4) is 11.8 Å². The molecule has 4 fully saturated rings. The van der Waals surface area contributed by atoms with Crippen molar-refractivity contribution in [3.05, 3.63) is 29.8 Å². The summed E-state index contributed by atoms with van der Waals surface area (Å²) in [6.07, 6.45) is 7.68. The van der Waals surface area contributed by atoms with Crippen LogP contribution in [0.1, 0.15) is 44.1 Å². The van der Waals surface area contributed by atoms with E-state index in [1.807, 2.05) is 0 Å². The van der Waals surface area contributed by atoms with Crippen LogP contribution in [0.5, 0.6) is 5.75 Å². The molecular weight excluding hydrogens is 300 g/mol. The van der Waals surface area contributed by atoms with Crippen LogP contribution in [0, 0.1) is 29.1 Å². The second-order valence-corrected chi connectivity index (χ2v) is 8.18. The number of hydrogen-bond donors (Lipinski definition) is 2. The van der Waals surface area contributed by atoms with E-state index in [1.165, 1.54) is 38.5 Å². The number of aliphatic hydroxyl groups excluding tert-OH is 1. The Morgan fingerprint density at radius 3 is 2.25 bits per heavy atom. The third-order valence-electron chi connectivity index (χ3n) is 6.18. The SMILES string of the molecule is N#Cc1ccc(OC[C@@H](O)CNC23CC4CC(CC(C4)C2)C3)cc1. The molecule has 1 atom stereocenters. The molecule has 2 N–H and O–H groups in total. The van der Waals surface area contributed by atoms with Gasteiger partial charge < -0.3 is 15.2 Å². The fourth-order valence-corrected chi connectivity index (χ4v) is 5.54. The molecule has 4 aliphatic carbocycles. The third kappa shape index (κ3) is 3.29. The van der Waals surface area contributed by atoms with Gasteiger partial charge in [0.1, 0.15) is 18.5 Å². The Balaban J connectivity index is 1.26. The van der Waals surface area contributed by atoms with Crippen LogP contribution in [-0.2, 0) is 0 Å². The van der Waals surface area contributed by atoms with Crippen LogP contribution in [0.2, 0.25) is 0 Å². The number of benzene rings is 1. The molecule has 0 unspecified atom stereocenters. The Hall–Kier alpha value is -1.57. The van der Waals surface area contributed by atoms with Crippen LogP contribution in [0.25, 0.3) is 0 Å². The fraction of sp³-hybridized carbons (Fsp3) is 0.650. The fourth-order valence-electron chi connectivity index (χ4n) is 5.54. The van der Waals surface area contributed by atoms with Crippen LogP contribution >= 0.6 is 0 Å². The highest BCUT2D eigenvalue weighted by Gasteiger charge is 2.50. The number of nitrogens with one attached hydrogen (secondary N) is 1. The molecule has 1 aromatic carbocycles. The zero-order valence-electron chi connectivity index (χ0n) is 14.1. The zero-order chi connectivity index (χ0) is 16.6. The minimum atomic E-state index is -0.506. The number of ether oxygens (including phenoxy) is 1. The first-order valence-electron chi connectivity index (χ1n) is 9.20. The molecule has 4 heteroatoms. The average Bonchev–Trinajstić information content (AvgIpc) is 2.57. The first kappa shape index (κ1) is 15.9. The minimum Gasteiger partial charge on any atom is -0.491 e. The number of aliphatic hydroxyl groups is 1. The Labute approximate surface area is 143 Å². The first-order valence-corrected chi connectivity index (χ1v) is 9.20. The maximum absolute atomic E-state index is 10.3. The highest BCUT2D eigenvalue weighted by Crippen LogP contribution is 2.55. The summed E-state index contributed by atoms with van der Waals surface area (Å²) < 4.78 is 5.64. The van der Waals surface area contributed by atoms with Crippen molar-refractivity contribution < 1.29 is 9.84 Å². The van der Waals surface area contributed by atoms with Gasteiger partial charge >= 0.3 is 0 Å². The predicted molar refractivity (Wildman–Crippen MR) is 91.6 cm³/mol. The van der Waals surface area contributed by atoms with Crippen molar-refractivity contribution in [2.75, 3.05) is 13.2 Å². The van der Waals surface area contributed by atoms with E-state index in [0.717, 1.165) is 17.8 Å². The van der Waals surface area contributed by atoms with Gasteiger partial charge in [-0.3, -0.25) is 0 Å². The zero-order valence-corrected chi connectivity index (χ0v) is 14.1. The second kappa shape index (κ2) is 6.38. The average molecular weight is 326 g/mol. The third-order valence-corrected chi connectivity index (χ3v) is 6.18. The molecular formula is C20H26N2O2. The van der Waals surface area contributed by atoms with Crippen LogP contribution in [0.3, 0.4) is 0 Å². The van der Waals surface area contributed by atoms with Crippen molar-refractivity contribution in [1.82, 2.24) is 5.32 Å². The predicted octanol–water partition coefficient (Wildman–Crippen LogP) is 2.86. The smallest absolute Gasteiger partial charge is 0.119 e. The minimum absolute atomic E-state index is 0.282. The van der Waals surface area contributed by atoms with Gasteiger partial charge in [-0.15, -0.1) is 0 Å². The number of β-amino-alcohol motifs (C(OH)–C–C–N with tert-alkyl or cyclic N) is 1. The molecule has 0 amide bonds. The maximum Gasteiger partial charge on any atom is 0.119 e. The van der Waals surface area contributed by atoms with Crippen LogP contribution in [-0.4, -0.2) is 29.9 Å². The second-order valence-electron chi connectivity index (χ2n) is 8.18. The molecule has 4 nitrogen and oxygen atoms in total. The standard InChI is InChI=1S/C20H26N2O2/c21-11-14-1-3-19(4-2-14)24-13-18(23)12-22-20-8-15-5-16(9-20)7-17(6-15)10-20/h1-4,15-18,22-23H,5-10,12-13H2/t15?,16?,17?,18-,20?/m0/s1. The van der Waals surface area contributed by atoms with Gasteiger partial charge in [0.25, 0.3) is 0 Å². The summed E-state index contributed by atoms with van der Waals surface area (Å²) in [6.45, 7) is 0.883. The van der Waals surface area contributed by atoms with E-state index in [1.54, 1.807) is 24.3 Å². The van der Waals surface area contributed by atoms with Crippen LogP contribution in [0.4, 0.5) is 0 Å². The van der Waals surface area contributed by atoms with Gasteiger partial charge in [0.15, 0.2) is 0 Å². The van der Waals surface area contributed by atoms with E-state index in [9.17, 15) is 5.11 Å². The van der Waals surface area contributed by atoms with Gasteiger partial charge in [-0.1, -0.05) is 0 Å². The normalized spacial score (nSPS) is 34.8. The number of nitriles is 1. The summed E-state index contributed by atoms with van der Waals surface area (Å²) in [5, 5.41) is 22.8. The van der Waals surface area contributed by atoms with Crippen LogP contribution in [0.15, 0.2) is 24.3 Å². The van der Waals surface area contributed by atoms with E-state index in [2.05, 4.69) is 11.4 Å². The lowest BCUT2D eigenvalue weighted by atomic mass is 9.53. The first-order chi connectivity index (χ1) is 11.6. The number of nitrogens with zero attached hydrogens (tertiary/aromatic N) is 1. The molecule has 0 aromatic heterocycles. The molecule has 0 spiro atoms. The van der Waals surface area contributed by atoms with Gasteiger partial charge in [-0.2, -0.15) is 5.26 Å². The molecule has 4 aliphatic rings. The number of hydrogen-bond acceptors (Lipinski definition) is 4. The topological polar surface area (TPSA) is 65.3 Å². The van der Waals surface area contributed by atoms with Crippen molar-refractivity contribution in [2.45, 2.75) is 50.2 Å². The molecule has 1 aromatic rings. The Morgan fingerprint density at radius 2 is 1.71 bits per heavy atom. The largest absolute Gasteiger partial charge is 0.491 e. The van der Waals surface area contributed by atoms with Crippen LogP contribution < -0.4 is 10.1 Å². The molecule has 0 heterocycles. The van der Waals surface area contributed by atoms with Crippen molar-refractivity contribution in [1.29, 1.82) is 5.26 Å². The molecule has 128 valence electrons. The lowest BCUT2D eigenvalue weighted by Gasteiger charge is -2.57. The van der Waals surface area contributed by atoms with Gasteiger partial charge in [-0.05, 0) is 80.5 Å². The van der Waals surface area contributed by atoms with Gasteiger partial charge in [0, 0.05) is 12.1 Å². The molecule has 5 rings (SSSR count). The van der Waals surface area contributed by atoms with E-state index in [-0.39, 0.29) is 12.1 Å². The van der Waals surface area contributed by atoms with Crippen molar-refractivity contribution in [2.24, 2.45) is 17.8 Å². The summed E-state index contributed by atoms with van der Waals surface area (Å²) >= 11 is 0. The van der Waals surface area contributed by atoms with Crippen molar-refractivity contribution >= 4 is 0 Å². The van der Waals surface area contributed by atoms with Crippen molar-refractivity contribution in [3.63, 3.8) is 0 Å². The molecule has 4 bridgehead atoms. The molecule has 24 heavy (non-hydrogen) atoms. The highest BCUT2D eigenvalue weighted by molar-refractivity contribution is 5.34. The monoisotopic (exact) mass is 326 g/mol. The van der Waals surface area contributed by atoms with E-state index < -0.39 is 6.10 Å². The highest BCUT2D eigenvalue weighted by atomic mass is 16.5. The quantitative estimate of drug-likeness (QED) is 0.844. The summed E-state index contributed by atoms with van der Waals surface area (Å²) in [5.74, 6) is 3.44. The van der Waals surface area contributed by atoms with Gasteiger partial charge in [-0.25, -0.2) is 0 Å². The Kier molecular flexibility index (Phi) is 4.24. The summed E-state index contributed by atoms with van der Waals surface area (Å²) in [7, 11) is 0. The molecule has 0 saturated heterocycles. The summed E-state index contributed by atoms with van der Waals surface area (Å²) in [4.78, 5) is 0. The maximum atomic E-state index is 10.3. The number of rotatable bonds is 6. The van der Waals surface area contributed by atoms with E-state index >= 15 is 0 Å². The summed E-state index contributed by atoms with van der Waals surface area (Å²) in [5.41, 5.74) is 0.899. The van der Waals surface area contributed by atoms with E-state index in [0.29, 0.717) is 17.9 Å². The lowest BCUT2D eigenvalue weighted by molar-refractivity contribution is -0.0266. The molecule has 4 saturated carbocycles. The lowest BCUT2D eigenvalue weighted by Crippen LogP contribution is -2.59. The van der Waals surface area contributed by atoms with E-state index in [4.69, 9.17) is 10.00 Å². The Morgan fingerprint density at radius 1 is 1.12 bits per heavy atom. The summed E-state index contributed by atoms with van der Waals surface area (Å²) in [6, 6.07) is 9.10. The molecule has 0 aliphatic heterocycles. The molecule has 0 radical (unpaired) electrons. The van der Waals surface area contributed by atoms with Gasteiger partial charge in [0.05, 0.1) is 11.6 Å². The Bertz CT molecular complexity index is 584.